The van der Waals surface area contributed by atoms with Gasteiger partial charge >= 0.3 is 0 Å². The third-order valence-corrected chi connectivity index (χ3v) is 2.54. The van der Waals surface area contributed by atoms with Crippen LogP contribution in [0.1, 0.15) is 44.3 Å². The molecule has 1 N–H and O–H groups in total. The van der Waals surface area contributed by atoms with E-state index in [-0.39, 0.29) is 0 Å². The van der Waals surface area contributed by atoms with E-state index in [4.69, 9.17) is 0 Å². The van der Waals surface area contributed by atoms with E-state index in [9.17, 15) is 0 Å². The predicted molar refractivity (Wildman–Crippen MR) is 59.2 cm³/mol. The Bertz CT molecular complexity index is 255. The zero-order chi connectivity index (χ0) is 10.4. The molecule has 14 heavy (non-hydrogen) atoms. The maximum Gasteiger partial charge on any atom is 0.0793 e. The highest BCUT2D eigenvalue weighted by molar-refractivity contribution is 5.04. The van der Waals surface area contributed by atoms with Gasteiger partial charge in [-0.1, -0.05) is 26.2 Å². The lowest BCUT2D eigenvalue weighted by atomic mass is 10.1. The molecule has 0 saturated carbocycles. The third-order valence-electron chi connectivity index (χ3n) is 2.54. The summed E-state index contributed by atoms with van der Waals surface area (Å²) in [5.74, 6) is 0. The molecule has 1 rings (SSSR count). The highest BCUT2D eigenvalue weighted by Gasteiger charge is 2.10. The summed E-state index contributed by atoms with van der Waals surface area (Å²) in [7, 11) is 3.97. The molecule has 1 unspecified atom stereocenters. The summed E-state index contributed by atoms with van der Waals surface area (Å²) in [6.07, 6.45) is 7.04. The summed E-state index contributed by atoms with van der Waals surface area (Å²) >= 11 is 0. The first-order valence-electron chi connectivity index (χ1n) is 5.44. The van der Waals surface area contributed by atoms with Crippen LogP contribution in [0.3, 0.4) is 0 Å². The maximum absolute atomic E-state index is 4.41. The van der Waals surface area contributed by atoms with Gasteiger partial charge in [0.15, 0.2) is 0 Å². The van der Waals surface area contributed by atoms with Gasteiger partial charge in [0.2, 0.25) is 0 Å². The van der Waals surface area contributed by atoms with Gasteiger partial charge in [-0.05, 0) is 19.5 Å². The van der Waals surface area contributed by atoms with Gasteiger partial charge < -0.3 is 5.32 Å². The maximum atomic E-state index is 4.41. The number of nitrogens with zero attached hydrogens (tertiary/aromatic N) is 2. The monoisotopic (exact) mass is 195 g/mol. The van der Waals surface area contributed by atoms with Crippen LogP contribution in [0.2, 0.25) is 0 Å². The number of aryl methyl sites for hydroxylation is 1. The van der Waals surface area contributed by atoms with Crippen LogP contribution in [-0.4, -0.2) is 16.8 Å². The Morgan fingerprint density at radius 3 is 2.79 bits per heavy atom. The van der Waals surface area contributed by atoms with E-state index >= 15 is 0 Å². The standard InChI is InChI=1S/C11H21N3/c1-4-5-6-7-10(12-2)11-8-9-14(3)13-11/h8-10,12H,4-7H2,1-3H3. The molecular formula is C11H21N3. The summed E-state index contributed by atoms with van der Waals surface area (Å²) in [5, 5.41) is 7.73. The minimum Gasteiger partial charge on any atom is -0.312 e. The van der Waals surface area contributed by atoms with E-state index in [0.717, 1.165) is 5.69 Å². The highest BCUT2D eigenvalue weighted by atomic mass is 15.3. The largest absolute Gasteiger partial charge is 0.312 e. The van der Waals surface area contributed by atoms with E-state index in [1.54, 1.807) is 0 Å². The van der Waals surface area contributed by atoms with Crippen LogP contribution in [-0.2, 0) is 7.05 Å². The molecular weight excluding hydrogens is 174 g/mol. The van der Waals surface area contributed by atoms with Gasteiger partial charge in [0, 0.05) is 13.2 Å². The SMILES string of the molecule is CCCCCC(NC)c1ccn(C)n1. The quantitative estimate of drug-likeness (QED) is 0.706. The number of hydrogen-bond donors (Lipinski definition) is 1. The van der Waals surface area contributed by atoms with Crippen LogP contribution < -0.4 is 5.32 Å². The fourth-order valence-electron chi connectivity index (χ4n) is 1.66. The van der Waals surface area contributed by atoms with Crippen molar-refractivity contribution in [2.45, 2.75) is 38.6 Å². The predicted octanol–water partition coefficient (Wildman–Crippen LogP) is 2.26. The molecule has 0 spiro atoms. The molecule has 0 bridgehead atoms. The second-order valence-electron chi connectivity index (χ2n) is 3.75. The number of aromatic nitrogens is 2. The third kappa shape index (κ3) is 3.14. The minimum atomic E-state index is 0.419. The Morgan fingerprint density at radius 1 is 1.50 bits per heavy atom. The van der Waals surface area contributed by atoms with Crippen LogP contribution in [0.15, 0.2) is 12.3 Å². The van der Waals surface area contributed by atoms with E-state index in [0.29, 0.717) is 6.04 Å². The van der Waals surface area contributed by atoms with Gasteiger partial charge in [0.1, 0.15) is 0 Å². The van der Waals surface area contributed by atoms with Crippen LogP contribution in [0.25, 0.3) is 0 Å². The van der Waals surface area contributed by atoms with E-state index in [2.05, 4.69) is 23.4 Å². The first-order valence-corrected chi connectivity index (χ1v) is 5.44. The van der Waals surface area contributed by atoms with Crippen LogP contribution in [0.4, 0.5) is 0 Å². The number of hydrogen-bond acceptors (Lipinski definition) is 2. The molecule has 3 nitrogen and oxygen atoms in total. The fourth-order valence-corrected chi connectivity index (χ4v) is 1.66. The smallest absolute Gasteiger partial charge is 0.0793 e. The lowest BCUT2D eigenvalue weighted by molar-refractivity contribution is 0.495. The van der Waals surface area contributed by atoms with Gasteiger partial charge in [-0.15, -0.1) is 0 Å². The lowest BCUT2D eigenvalue weighted by Crippen LogP contribution is -2.17. The van der Waals surface area contributed by atoms with Gasteiger partial charge in [0.05, 0.1) is 11.7 Å². The zero-order valence-corrected chi connectivity index (χ0v) is 9.45. The van der Waals surface area contributed by atoms with Crippen molar-refractivity contribution in [2.24, 2.45) is 7.05 Å². The first-order chi connectivity index (χ1) is 6.77. The van der Waals surface area contributed by atoms with Crippen molar-refractivity contribution in [3.8, 4) is 0 Å². The molecule has 0 aliphatic heterocycles. The zero-order valence-electron chi connectivity index (χ0n) is 9.45. The molecule has 3 heteroatoms. The Hall–Kier alpha value is -0.830. The molecule has 0 saturated heterocycles. The average molecular weight is 195 g/mol. The summed E-state index contributed by atoms with van der Waals surface area (Å²) in [4.78, 5) is 0. The molecule has 0 fully saturated rings. The van der Waals surface area contributed by atoms with Crippen molar-refractivity contribution in [1.29, 1.82) is 0 Å². The van der Waals surface area contributed by atoms with Gasteiger partial charge in [-0.25, -0.2) is 0 Å². The van der Waals surface area contributed by atoms with Crippen molar-refractivity contribution >= 4 is 0 Å². The Morgan fingerprint density at radius 2 is 2.29 bits per heavy atom. The molecule has 1 heterocycles. The van der Waals surface area contributed by atoms with Crippen LogP contribution in [0, 0.1) is 0 Å². The second-order valence-corrected chi connectivity index (χ2v) is 3.75. The Balaban J connectivity index is 2.45. The molecule has 1 aromatic heterocycles. The van der Waals surface area contributed by atoms with E-state index in [1.807, 2.05) is 25.0 Å². The number of unbranched alkanes of at least 4 members (excludes halogenated alkanes) is 2. The summed E-state index contributed by atoms with van der Waals surface area (Å²) in [6.45, 7) is 2.23. The molecule has 0 aliphatic carbocycles. The minimum absolute atomic E-state index is 0.419. The average Bonchev–Trinajstić information content (AvgIpc) is 2.60. The van der Waals surface area contributed by atoms with Crippen molar-refractivity contribution in [2.75, 3.05) is 7.05 Å². The topological polar surface area (TPSA) is 29.9 Å². The molecule has 0 amide bonds. The molecule has 0 radical (unpaired) electrons. The van der Waals surface area contributed by atoms with Gasteiger partial charge in [0.25, 0.3) is 0 Å². The summed E-state index contributed by atoms with van der Waals surface area (Å²) < 4.78 is 1.86. The molecule has 0 aliphatic rings. The first kappa shape index (κ1) is 11.2. The molecule has 1 atom stereocenters. The van der Waals surface area contributed by atoms with Crippen molar-refractivity contribution in [3.05, 3.63) is 18.0 Å². The fraction of sp³-hybridized carbons (Fsp3) is 0.727. The van der Waals surface area contributed by atoms with Crippen LogP contribution in [0.5, 0.6) is 0 Å². The normalized spacial score (nSPS) is 13.1. The molecule has 0 aromatic carbocycles. The molecule has 80 valence electrons. The number of nitrogens with one attached hydrogen (secondary N) is 1. The van der Waals surface area contributed by atoms with Crippen molar-refractivity contribution in [1.82, 2.24) is 15.1 Å². The summed E-state index contributed by atoms with van der Waals surface area (Å²) in [5.41, 5.74) is 1.16. The van der Waals surface area contributed by atoms with Crippen molar-refractivity contribution in [3.63, 3.8) is 0 Å². The highest BCUT2D eigenvalue weighted by Crippen LogP contribution is 2.17. The summed E-state index contributed by atoms with van der Waals surface area (Å²) in [6, 6.07) is 2.51. The van der Waals surface area contributed by atoms with Gasteiger partial charge in [-0.2, -0.15) is 5.10 Å². The Kier molecular flexibility index (Phi) is 4.66. The van der Waals surface area contributed by atoms with E-state index < -0.39 is 0 Å². The van der Waals surface area contributed by atoms with Crippen LogP contribution >= 0.6 is 0 Å². The van der Waals surface area contributed by atoms with E-state index in [1.165, 1.54) is 25.7 Å². The molecule has 1 aromatic rings. The number of rotatable bonds is 6. The van der Waals surface area contributed by atoms with Gasteiger partial charge in [-0.3, -0.25) is 4.68 Å². The van der Waals surface area contributed by atoms with Crippen molar-refractivity contribution < 1.29 is 0 Å². The second kappa shape index (κ2) is 5.81. The lowest BCUT2D eigenvalue weighted by Gasteiger charge is -2.12. The Labute approximate surface area is 86.5 Å².